The Morgan fingerprint density at radius 3 is 2.65 bits per heavy atom. The van der Waals surface area contributed by atoms with Gasteiger partial charge in [0.05, 0.1) is 5.56 Å². The van der Waals surface area contributed by atoms with Crippen molar-refractivity contribution in [1.29, 1.82) is 0 Å². The average Bonchev–Trinajstić information content (AvgIpc) is 3.11. The Bertz CT molecular complexity index is 932. The SMILES string of the molecule is Fc1ccccc1-c1nnc2ccc(NCC3CN4CCN3CC4)nn12. The highest BCUT2D eigenvalue weighted by atomic mass is 19.1. The molecule has 1 aromatic carbocycles. The lowest BCUT2D eigenvalue weighted by Gasteiger charge is -2.47. The van der Waals surface area contributed by atoms with Gasteiger partial charge in [-0.1, -0.05) is 12.1 Å². The summed E-state index contributed by atoms with van der Waals surface area (Å²) in [6.07, 6.45) is 0. The number of nitrogens with one attached hydrogen (secondary N) is 1. The largest absolute Gasteiger partial charge is 0.367 e. The van der Waals surface area contributed by atoms with Crippen LogP contribution in [0.15, 0.2) is 36.4 Å². The van der Waals surface area contributed by atoms with Crippen LogP contribution in [0.2, 0.25) is 0 Å². The molecule has 2 bridgehead atoms. The van der Waals surface area contributed by atoms with Crippen molar-refractivity contribution in [2.45, 2.75) is 6.04 Å². The summed E-state index contributed by atoms with van der Waals surface area (Å²) in [7, 11) is 0. The van der Waals surface area contributed by atoms with Crippen LogP contribution in [0.1, 0.15) is 0 Å². The lowest BCUT2D eigenvalue weighted by atomic mass is 10.1. The van der Waals surface area contributed by atoms with Crippen LogP contribution in [-0.2, 0) is 0 Å². The number of fused-ring (bicyclic) bond motifs is 4. The third-order valence-electron chi connectivity index (χ3n) is 5.29. The Labute approximate surface area is 150 Å². The molecule has 3 saturated heterocycles. The van der Waals surface area contributed by atoms with Crippen molar-refractivity contribution in [3.8, 4) is 11.4 Å². The number of hydrogen-bond acceptors (Lipinski definition) is 6. The molecule has 1 unspecified atom stereocenters. The number of piperazine rings is 3. The number of nitrogens with zero attached hydrogens (tertiary/aromatic N) is 6. The summed E-state index contributed by atoms with van der Waals surface area (Å²) in [5.74, 6) is 0.822. The minimum atomic E-state index is -0.331. The van der Waals surface area contributed by atoms with Crippen molar-refractivity contribution >= 4 is 11.5 Å². The number of aromatic nitrogens is 4. The van der Waals surface area contributed by atoms with E-state index in [1.54, 1.807) is 22.7 Å². The molecule has 6 rings (SSSR count). The molecular formula is C18H20FN7. The number of halogens is 1. The Hall–Kier alpha value is -2.58. The molecular weight excluding hydrogens is 333 g/mol. The molecule has 3 aliphatic rings. The first kappa shape index (κ1) is 15.7. The van der Waals surface area contributed by atoms with E-state index in [9.17, 15) is 4.39 Å². The zero-order valence-electron chi connectivity index (χ0n) is 14.3. The minimum absolute atomic E-state index is 0.331. The molecule has 0 radical (unpaired) electrons. The standard InChI is InChI=1S/C18H20FN7/c19-15-4-2-1-3-14(15)18-22-21-17-6-5-16(23-26(17)18)20-11-13-12-24-7-9-25(13)10-8-24/h1-6,13H,7-12H2,(H,20,23). The van der Waals surface area contributed by atoms with Gasteiger partial charge in [-0.05, 0) is 24.3 Å². The predicted octanol–water partition coefficient (Wildman–Crippen LogP) is 1.34. The molecule has 3 aliphatic heterocycles. The van der Waals surface area contributed by atoms with Crippen LogP contribution < -0.4 is 5.32 Å². The van der Waals surface area contributed by atoms with E-state index in [1.807, 2.05) is 12.1 Å². The Morgan fingerprint density at radius 2 is 1.88 bits per heavy atom. The number of anilines is 1. The summed E-state index contributed by atoms with van der Waals surface area (Å²) < 4.78 is 15.7. The van der Waals surface area contributed by atoms with E-state index in [-0.39, 0.29) is 5.82 Å². The van der Waals surface area contributed by atoms with E-state index >= 15 is 0 Å². The lowest BCUT2D eigenvalue weighted by molar-refractivity contribution is 0.0189. The van der Waals surface area contributed by atoms with Gasteiger partial charge in [0.1, 0.15) is 11.6 Å². The summed E-state index contributed by atoms with van der Waals surface area (Å²) in [5, 5.41) is 16.2. The van der Waals surface area contributed by atoms with Gasteiger partial charge in [0, 0.05) is 45.3 Å². The van der Waals surface area contributed by atoms with E-state index in [4.69, 9.17) is 0 Å². The van der Waals surface area contributed by atoms with Crippen LogP contribution in [0.3, 0.4) is 0 Å². The van der Waals surface area contributed by atoms with Crippen molar-refractivity contribution in [3.05, 3.63) is 42.2 Å². The van der Waals surface area contributed by atoms with E-state index in [1.165, 1.54) is 19.2 Å². The molecule has 1 N–H and O–H groups in total. The van der Waals surface area contributed by atoms with Gasteiger partial charge in [-0.3, -0.25) is 9.80 Å². The second-order valence-electron chi connectivity index (χ2n) is 6.86. The summed E-state index contributed by atoms with van der Waals surface area (Å²) in [6.45, 7) is 6.57. The third kappa shape index (κ3) is 2.71. The highest BCUT2D eigenvalue weighted by Gasteiger charge is 2.31. The van der Waals surface area contributed by atoms with Crippen molar-refractivity contribution in [3.63, 3.8) is 0 Å². The van der Waals surface area contributed by atoms with Crippen LogP contribution in [0.5, 0.6) is 0 Å². The monoisotopic (exact) mass is 353 g/mol. The maximum atomic E-state index is 14.1. The molecule has 3 fully saturated rings. The minimum Gasteiger partial charge on any atom is -0.367 e. The summed E-state index contributed by atoms with van der Waals surface area (Å²) in [4.78, 5) is 5.05. The number of benzene rings is 1. The van der Waals surface area contributed by atoms with Gasteiger partial charge in [0.15, 0.2) is 11.5 Å². The van der Waals surface area contributed by atoms with Crippen LogP contribution in [0.25, 0.3) is 17.0 Å². The molecule has 0 saturated carbocycles. The van der Waals surface area contributed by atoms with E-state index in [2.05, 4.69) is 30.4 Å². The second-order valence-corrected chi connectivity index (χ2v) is 6.86. The van der Waals surface area contributed by atoms with Crippen molar-refractivity contribution in [1.82, 2.24) is 29.6 Å². The van der Waals surface area contributed by atoms with Gasteiger partial charge in [-0.25, -0.2) is 4.39 Å². The molecule has 3 aromatic rings. The first-order valence-electron chi connectivity index (χ1n) is 8.95. The van der Waals surface area contributed by atoms with Gasteiger partial charge in [-0.2, -0.15) is 4.52 Å². The van der Waals surface area contributed by atoms with E-state index < -0.39 is 0 Å². The Morgan fingerprint density at radius 1 is 1.04 bits per heavy atom. The smallest absolute Gasteiger partial charge is 0.188 e. The molecule has 134 valence electrons. The fraction of sp³-hybridized carbons (Fsp3) is 0.389. The maximum Gasteiger partial charge on any atom is 0.188 e. The molecule has 0 amide bonds. The Balaban J connectivity index is 1.39. The molecule has 1 atom stereocenters. The highest BCUT2D eigenvalue weighted by molar-refractivity contribution is 5.60. The topological polar surface area (TPSA) is 61.6 Å². The maximum absolute atomic E-state index is 14.1. The van der Waals surface area contributed by atoms with Gasteiger partial charge in [0.25, 0.3) is 0 Å². The van der Waals surface area contributed by atoms with Gasteiger partial charge >= 0.3 is 0 Å². The van der Waals surface area contributed by atoms with Gasteiger partial charge < -0.3 is 5.32 Å². The first-order chi connectivity index (χ1) is 12.8. The third-order valence-corrected chi connectivity index (χ3v) is 5.29. The van der Waals surface area contributed by atoms with Crippen molar-refractivity contribution in [2.75, 3.05) is 44.6 Å². The second kappa shape index (κ2) is 6.30. The quantitative estimate of drug-likeness (QED) is 0.764. The Kier molecular flexibility index (Phi) is 3.79. The van der Waals surface area contributed by atoms with Crippen molar-refractivity contribution < 1.29 is 4.39 Å². The fourth-order valence-corrected chi connectivity index (χ4v) is 3.83. The first-order valence-corrected chi connectivity index (χ1v) is 8.95. The highest BCUT2D eigenvalue weighted by Crippen LogP contribution is 2.21. The molecule has 26 heavy (non-hydrogen) atoms. The molecule has 2 aromatic heterocycles. The zero-order valence-corrected chi connectivity index (χ0v) is 14.3. The van der Waals surface area contributed by atoms with Crippen LogP contribution in [0.4, 0.5) is 10.2 Å². The van der Waals surface area contributed by atoms with E-state index in [0.29, 0.717) is 23.1 Å². The molecule has 8 heteroatoms. The van der Waals surface area contributed by atoms with Crippen LogP contribution >= 0.6 is 0 Å². The number of rotatable bonds is 4. The molecule has 5 heterocycles. The van der Waals surface area contributed by atoms with Crippen molar-refractivity contribution in [2.24, 2.45) is 0 Å². The molecule has 0 aliphatic carbocycles. The fourth-order valence-electron chi connectivity index (χ4n) is 3.83. The van der Waals surface area contributed by atoms with Crippen LogP contribution in [0, 0.1) is 5.82 Å². The zero-order chi connectivity index (χ0) is 17.5. The van der Waals surface area contributed by atoms with Gasteiger partial charge in [-0.15, -0.1) is 15.3 Å². The average molecular weight is 353 g/mol. The normalized spacial score (nSPS) is 24.9. The summed E-state index contributed by atoms with van der Waals surface area (Å²) >= 11 is 0. The summed E-state index contributed by atoms with van der Waals surface area (Å²) in [6, 6.07) is 10.8. The predicted molar refractivity (Wildman–Crippen MR) is 96.5 cm³/mol. The van der Waals surface area contributed by atoms with Gasteiger partial charge in [0.2, 0.25) is 0 Å². The van der Waals surface area contributed by atoms with E-state index in [0.717, 1.165) is 32.0 Å². The number of hydrogen-bond donors (Lipinski definition) is 1. The summed E-state index contributed by atoms with van der Waals surface area (Å²) in [5.41, 5.74) is 0.994. The molecule has 7 nitrogen and oxygen atoms in total. The lowest BCUT2D eigenvalue weighted by Crippen LogP contribution is -2.62. The van der Waals surface area contributed by atoms with Crippen LogP contribution in [-0.4, -0.2) is 74.9 Å². The molecule has 0 spiro atoms.